The Bertz CT molecular complexity index is 365. The van der Waals surface area contributed by atoms with Gasteiger partial charge in [0.25, 0.3) is 0 Å². The number of rotatable bonds is 7. The monoisotopic (exact) mass is 246 g/mol. The third-order valence-electron chi connectivity index (χ3n) is 4.21. The highest BCUT2D eigenvalue weighted by molar-refractivity contribution is 5.22. The first-order chi connectivity index (χ1) is 8.67. The smallest absolute Gasteiger partial charge is 0.00471 e. The normalized spacial score (nSPS) is 17.1. The summed E-state index contributed by atoms with van der Waals surface area (Å²) in [6.45, 7) is 5.34. The largest absolute Gasteiger partial charge is 0.330 e. The van der Waals surface area contributed by atoms with Gasteiger partial charge in [-0.25, -0.2) is 0 Å². The molecule has 0 bridgehead atoms. The molecule has 0 amide bonds. The summed E-state index contributed by atoms with van der Waals surface area (Å²) in [5.41, 5.74) is 9.15. The lowest BCUT2D eigenvalue weighted by Crippen LogP contribution is -2.32. The summed E-state index contributed by atoms with van der Waals surface area (Å²) in [6, 6.07) is 9.03. The van der Waals surface area contributed by atoms with Crippen LogP contribution < -0.4 is 5.73 Å². The van der Waals surface area contributed by atoms with Crippen LogP contribution in [0.4, 0.5) is 0 Å². The Morgan fingerprint density at radius 3 is 2.28 bits per heavy atom. The van der Waals surface area contributed by atoms with E-state index in [0.717, 1.165) is 32.5 Å². The topological polar surface area (TPSA) is 29.3 Å². The van der Waals surface area contributed by atoms with Crippen molar-refractivity contribution in [2.24, 2.45) is 11.1 Å². The molecule has 1 saturated carbocycles. The first kappa shape index (κ1) is 13.6. The molecule has 2 rings (SSSR count). The molecule has 100 valence electrons. The van der Waals surface area contributed by atoms with Gasteiger partial charge in [-0.3, -0.25) is 0 Å². The summed E-state index contributed by atoms with van der Waals surface area (Å²) in [5.74, 6) is 0. The quantitative estimate of drug-likeness (QED) is 0.801. The molecule has 0 atom stereocenters. The predicted molar refractivity (Wildman–Crippen MR) is 77.7 cm³/mol. The fourth-order valence-corrected chi connectivity index (χ4v) is 2.52. The van der Waals surface area contributed by atoms with E-state index in [1.54, 1.807) is 0 Å². The molecule has 0 radical (unpaired) electrons. The first-order valence-corrected chi connectivity index (χ1v) is 7.14. The van der Waals surface area contributed by atoms with E-state index in [0.29, 0.717) is 5.41 Å². The van der Waals surface area contributed by atoms with Crippen molar-refractivity contribution in [2.45, 2.75) is 32.6 Å². The van der Waals surface area contributed by atoms with Gasteiger partial charge >= 0.3 is 0 Å². The molecule has 0 aromatic heterocycles. The summed E-state index contributed by atoms with van der Waals surface area (Å²) >= 11 is 0. The fourth-order valence-electron chi connectivity index (χ4n) is 2.52. The highest BCUT2D eigenvalue weighted by Gasteiger charge is 2.41. The van der Waals surface area contributed by atoms with Gasteiger partial charge in [-0.2, -0.15) is 0 Å². The number of aryl methyl sites for hydroxylation is 1. The van der Waals surface area contributed by atoms with Crippen LogP contribution in [0, 0.1) is 5.41 Å². The third kappa shape index (κ3) is 3.56. The Kier molecular flexibility index (Phi) is 4.41. The maximum absolute atomic E-state index is 5.83. The van der Waals surface area contributed by atoms with Crippen molar-refractivity contribution in [3.8, 4) is 0 Å². The molecule has 0 heterocycles. The summed E-state index contributed by atoms with van der Waals surface area (Å²) in [4.78, 5) is 2.44. The first-order valence-electron chi connectivity index (χ1n) is 7.14. The van der Waals surface area contributed by atoms with Gasteiger partial charge in [0.1, 0.15) is 0 Å². The van der Waals surface area contributed by atoms with Crippen LogP contribution >= 0.6 is 0 Å². The van der Waals surface area contributed by atoms with Crippen molar-refractivity contribution >= 4 is 0 Å². The van der Waals surface area contributed by atoms with Crippen LogP contribution in [0.25, 0.3) is 0 Å². The van der Waals surface area contributed by atoms with E-state index >= 15 is 0 Å². The molecule has 0 unspecified atom stereocenters. The minimum Gasteiger partial charge on any atom is -0.330 e. The van der Waals surface area contributed by atoms with Gasteiger partial charge in [-0.15, -0.1) is 0 Å². The molecule has 0 spiro atoms. The van der Waals surface area contributed by atoms with E-state index in [2.05, 4.69) is 43.1 Å². The van der Waals surface area contributed by atoms with Crippen molar-refractivity contribution < 1.29 is 0 Å². The van der Waals surface area contributed by atoms with Gasteiger partial charge in [0.05, 0.1) is 0 Å². The number of benzene rings is 1. The predicted octanol–water partition coefficient (Wildman–Crippen LogP) is 2.46. The van der Waals surface area contributed by atoms with E-state index in [1.807, 2.05) is 0 Å². The third-order valence-corrected chi connectivity index (χ3v) is 4.21. The molecule has 1 aromatic carbocycles. The summed E-state index contributed by atoms with van der Waals surface area (Å²) < 4.78 is 0. The van der Waals surface area contributed by atoms with Crippen LogP contribution in [0.15, 0.2) is 24.3 Å². The Balaban J connectivity index is 1.76. The second kappa shape index (κ2) is 5.85. The van der Waals surface area contributed by atoms with E-state index < -0.39 is 0 Å². The highest BCUT2D eigenvalue weighted by atomic mass is 15.1. The van der Waals surface area contributed by atoms with Crippen LogP contribution in [-0.4, -0.2) is 31.6 Å². The van der Waals surface area contributed by atoms with Gasteiger partial charge in [0, 0.05) is 13.1 Å². The van der Waals surface area contributed by atoms with Crippen LogP contribution in [-0.2, 0) is 12.8 Å². The van der Waals surface area contributed by atoms with E-state index in [1.165, 1.54) is 24.0 Å². The molecule has 1 aliphatic rings. The molecule has 0 saturated heterocycles. The lowest BCUT2D eigenvalue weighted by molar-refractivity contribution is 0.269. The minimum atomic E-state index is 0.459. The molecule has 2 N–H and O–H groups in total. The number of likely N-dealkylation sites (N-methyl/N-ethyl adjacent to an activating group) is 1. The maximum Gasteiger partial charge on any atom is 0.00471 e. The average Bonchev–Trinajstić information content (AvgIpc) is 3.17. The van der Waals surface area contributed by atoms with Gasteiger partial charge in [-0.05, 0) is 55.8 Å². The minimum absolute atomic E-state index is 0.459. The zero-order valence-electron chi connectivity index (χ0n) is 11.8. The molecular formula is C16H26N2. The Morgan fingerprint density at radius 2 is 1.78 bits per heavy atom. The standard InChI is InChI=1S/C16H26N2/c1-3-14-4-6-15(7-5-14)8-11-18(2)13-16(12-17)9-10-16/h4-7H,3,8-13,17H2,1-2H3. The highest BCUT2D eigenvalue weighted by Crippen LogP contribution is 2.44. The Hall–Kier alpha value is -0.860. The molecule has 2 heteroatoms. The molecule has 0 aliphatic heterocycles. The van der Waals surface area contributed by atoms with Crippen LogP contribution in [0.3, 0.4) is 0 Å². The zero-order valence-corrected chi connectivity index (χ0v) is 11.8. The second-order valence-corrected chi connectivity index (χ2v) is 5.86. The lowest BCUT2D eigenvalue weighted by Gasteiger charge is -2.22. The SMILES string of the molecule is CCc1ccc(CCN(C)CC2(CN)CC2)cc1. The van der Waals surface area contributed by atoms with Crippen LogP contribution in [0.2, 0.25) is 0 Å². The average molecular weight is 246 g/mol. The molecular weight excluding hydrogens is 220 g/mol. The van der Waals surface area contributed by atoms with Crippen molar-refractivity contribution in [3.63, 3.8) is 0 Å². The zero-order chi connectivity index (χ0) is 13.0. The van der Waals surface area contributed by atoms with Crippen LogP contribution in [0.5, 0.6) is 0 Å². The molecule has 18 heavy (non-hydrogen) atoms. The summed E-state index contributed by atoms with van der Waals surface area (Å²) in [5, 5.41) is 0. The number of nitrogens with two attached hydrogens (primary N) is 1. The molecule has 2 nitrogen and oxygen atoms in total. The summed E-state index contributed by atoms with van der Waals surface area (Å²) in [6.07, 6.45) is 4.90. The van der Waals surface area contributed by atoms with Gasteiger partial charge in [0.2, 0.25) is 0 Å². The summed E-state index contributed by atoms with van der Waals surface area (Å²) in [7, 11) is 2.22. The molecule has 1 aromatic rings. The fraction of sp³-hybridized carbons (Fsp3) is 0.625. The Morgan fingerprint density at radius 1 is 1.17 bits per heavy atom. The number of hydrogen-bond acceptors (Lipinski definition) is 2. The molecule has 1 fully saturated rings. The van der Waals surface area contributed by atoms with E-state index in [4.69, 9.17) is 5.73 Å². The van der Waals surface area contributed by atoms with E-state index in [-0.39, 0.29) is 0 Å². The second-order valence-electron chi connectivity index (χ2n) is 5.86. The number of hydrogen-bond donors (Lipinski definition) is 1. The van der Waals surface area contributed by atoms with Gasteiger partial charge in [0.15, 0.2) is 0 Å². The van der Waals surface area contributed by atoms with Crippen molar-refractivity contribution in [3.05, 3.63) is 35.4 Å². The van der Waals surface area contributed by atoms with Crippen molar-refractivity contribution in [1.82, 2.24) is 4.90 Å². The lowest BCUT2D eigenvalue weighted by atomic mass is 10.1. The van der Waals surface area contributed by atoms with Crippen LogP contribution in [0.1, 0.15) is 30.9 Å². The van der Waals surface area contributed by atoms with Crippen molar-refractivity contribution in [1.29, 1.82) is 0 Å². The Labute approximate surface area is 111 Å². The van der Waals surface area contributed by atoms with Gasteiger partial charge < -0.3 is 10.6 Å². The van der Waals surface area contributed by atoms with Gasteiger partial charge in [-0.1, -0.05) is 31.2 Å². The van der Waals surface area contributed by atoms with Crippen molar-refractivity contribution in [2.75, 3.05) is 26.7 Å². The number of nitrogens with zero attached hydrogens (tertiary/aromatic N) is 1. The van der Waals surface area contributed by atoms with E-state index in [9.17, 15) is 0 Å². The molecule has 1 aliphatic carbocycles. The maximum atomic E-state index is 5.83.